The fourth-order valence-electron chi connectivity index (χ4n) is 1.81. The number of halogens is 3. The summed E-state index contributed by atoms with van der Waals surface area (Å²) in [4.78, 5) is 29.4. The van der Waals surface area contributed by atoms with Crippen molar-refractivity contribution in [3.05, 3.63) is 52.2 Å². The molecular weight excluding hydrogens is 331 g/mol. The van der Waals surface area contributed by atoms with Crippen molar-refractivity contribution < 1.29 is 18.0 Å². The molecular formula is C14H12F3N3O2S. The zero-order valence-corrected chi connectivity index (χ0v) is 12.7. The monoisotopic (exact) mass is 343 g/mol. The lowest BCUT2D eigenvalue weighted by Gasteiger charge is -2.15. The number of amides is 1. The van der Waals surface area contributed by atoms with Crippen molar-refractivity contribution in [2.75, 3.05) is 11.1 Å². The summed E-state index contributed by atoms with van der Waals surface area (Å²) >= 11 is 0.836. The quantitative estimate of drug-likeness (QED) is 0.837. The Morgan fingerprint density at radius 3 is 2.74 bits per heavy atom. The van der Waals surface area contributed by atoms with Crippen LogP contribution in [0.3, 0.4) is 0 Å². The number of rotatable bonds is 4. The van der Waals surface area contributed by atoms with Crippen molar-refractivity contribution in [1.29, 1.82) is 0 Å². The molecule has 0 aliphatic rings. The minimum absolute atomic E-state index is 0.136. The van der Waals surface area contributed by atoms with Crippen LogP contribution in [-0.2, 0) is 6.18 Å². The smallest absolute Gasteiger partial charge is 0.327 e. The number of aromatic nitrogens is 2. The third kappa shape index (κ3) is 3.92. The predicted octanol–water partition coefficient (Wildman–Crippen LogP) is 3.15. The van der Waals surface area contributed by atoms with Crippen LogP contribution in [0, 0.1) is 0 Å². The highest BCUT2D eigenvalue weighted by molar-refractivity contribution is 7.99. The Balaban J connectivity index is 2.49. The first-order chi connectivity index (χ1) is 10.8. The van der Waals surface area contributed by atoms with Gasteiger partial charge in [0.05, 0.1) is 16.0 Å². The normalized spacial score (nSPS) is 11.3. The minimum Gasteiger partial charge on any atom is -0.327 e. The number of H-pyrrole nitrogens is 1. The molecule has 2 heterocycles. The van der Waals surface area contributed by atoms with Gasteiger partial charge in [0.2, 0.25) is 0 Å². The number of carbonyl (C=O) groups is 1. The standard InChI is InChI=1S/C14H12F3N3O2S/c1-2-23-11-9(14(15,16)17)7-19-13(22)10(11)20-12(21)8-4-3-5-18-6-8/h3-7H,2H2,1H3,(H,19,22)(H,20,21). The Kier molecular flexibility index (Phi) is 5.09. The molecule has 0 fully saturated rings. The number of thioether (sulfide) groups is 1. The molecule has 5 nitrogen and oxygen atoms in total. The fourth-order valence-corrected chi connectivity index (χ4v) is 2.72. The second kappa shape index (κ2) is 6.86. The van der Waals surface area contributed by atoms with Crippen molar-refractivity contribution in [3.63, 3.8) is 0 Å². The number of alkyl halides is 3. The van der Waals surface area contributed by atoms with Gasteiger partial charge >= 0.3 is 6.18 Å². The van der Waals surface area contributed by atoms with Crippen LogP contribution in [-0.4, -0.2) is 21.6 Å². The number of hydrogen-bond acceptors (Lipinski definition) is 4. The van der Waals surface area contributed by atoms with Gasteiger partial charge in [-0.3, -0.25) is 14.6 Å². The molecule has 0 atom stereocenters. The van der Waals surface area contributed by atoms with E-state index < -0.39 is 28.9 Å². The summed E-state index contributed by atoms with van der Waals surface area (Å²) < 4.78 is 39.3. The predicted molar refractivity (Wildman–Crippen MR) is 80.7 cm³/mol. The van der Waals surface area contributed by atoms with E-state index in [1.165, 1.54) is 24.5 Å². The Morgan fingerprint density at radius 2 is 2.17 bits per heavy atom. The van der Waals surface area contributed by atoms with Crippen LogP contribution in [0.4, 0.5) is 18.9 Å². The lowest BCUT2D eigenvalue weighted by atomic mass is 10.2. The van der Waals surface area contributed by atoms with E-state index in [9.17, 15) is 22.8 Å². The van der Waals surface area contributed by atoms with Crippen LogP contribution in [0.25, 0.3) is 0 Å². The summed E-state index contributed by atoms with van der Waals surface area (Å²) in [5.41, 5.74) is -2.08. The van der Waals surface area contributed by atoms with Crippen molar-refractivity contribution in [1.82, 2.24) is 9.97 Å². The number of nitrogens with zero attached hydrogens (tertiary/aromatic N) is 1. The van der Waals surface area contributed by atoms with Gasteiger partial charge < -0.3 is 10.3 Å². The zero-order chi connectivity index (χ0) is 17.0. The molecule has 0 aliphatic carbocycles. The maximum absolute atomic E-state index is 13.1. The van der Waals surface area contributed by atoms with E-state index in [2.05, 4.69) is 10.3 Å². The highest BCUT2D eigenvalue weighted by atomic mass is 32.2. The van der Waals surface area contributed by atoms with Crippen LogP contribution >= 0.6 is 11.8 Å². The van der Waals surface area contributed by atoms with Gasteiger partial charge in [-0.2, -0.15) is 13.2 Å². The Bertz CT molecular complexity index is 760. The van der Waals surface area contributed by atoms with E-state index in [0.717, 1.165) is 11.8 Å². The van der Waals surface area contributed by atoms with Crippen LogP contribution in [0.2, 0.25) is 0 Å². The van der Waals surface area contributed by atoms with Crippen LogP contribution in [0.1, 0.15) is 22.8 Å². The van der Waals surface area contributed by atoms with E-state index in [0.29, 0.717) is 11.9 Å². The number of hydrogen-bond donors (Lipinski definition) is 2. The van der Waals surface area contributed by atoms with Gasteiger partial charge in [0.25, 0.3) is 11.5 Å². The Labute approximate surface area is 133 Å². The lowest BCUT2D eigenvalue weighted by Crippen LogP contribution is -2.23. The molecule has 23 heavy (non-hydrogen) atoms. The van der Waals surface area contributed by atoms with Gasteiger partial charge in [-0.25, -0.2) is 0 Å². The van der Waals surface area contributed by atoms with Crippen LogP contribution in [0.15, 0.2) is 40.4 Å². The third-order valence-corrected chi connectivity index (χ3v) is 3.80. The Hall–Kier alpha value is -2.29. The van der Waals surface area contributed by atoms with Crippen molar-refractivity contribution in [2.24, 2.45) is 0 Å². The summed E-state index contributed by atoms with van der Waals surface area (Å²) in [7, 11) is 0. The van der Waals surface area contributed by atoms with Crippen LogP contribution in [0.5, 0.6) is 0 Å². The molecule has 2 N–H and O–H groups in total. The first-order valence-electron chi connectivity index (χ1n) is 6.51. The minimum atomic E-state index is -4.64. The van der Waals surface area contributed by atoms with Crippen molar-refractivity contribution >= 4 is 23.4 Å². The van der Waals surface area contributed by atoms with Gasteiger partial charge in [0.15, 0.2) is 0 Å². The maximum atomic E-state index is 13.1. The molecule has 1 amide bonds. The maximum Gasteiger partial charge on any atom is 0.418 e. The first-order valence-corrected chi connectivity index (χ1v) is 7.50. The molecule has 2 aromatic heterocycles. The van der Waals surface area contributed by atoms with Crippen molar-refractivity contribution in [2.45, 2.75) is 18.0 Å². The van der Waals surface area contributed by atoms with Crippen LogP contribution < -0.4 is 10.9 Å². The van der Waals surface area contributed by atoms with E-state index >= 15 is 0 Å². The number of anilines is 1. The number of pyridine rings is 2. The molecule has 0 aromatic carbocycles. The molecule has 0 radical (unpaired) electrons. The number of carbonyl (C=O) groups excluding carboxylic acids is 1. The summed E-state index contributed by atoms with van der Waals surface area (Å²) in [6, 6.07) is 2.95. The van der Waals surface area contributed by atoms with E-state index in [4.69, 9.17) is 0 Å². The lowest BCUT2D eigenvalue weighted by molar-refractivity contribution is -0.139. The third-order valence-electron chi connectivity index (χ3n) is 2.80. The van der Waals surface area contributed by atoms with Gasteiger partial charge in [0.1, 0.15) is 5.69 Å². The number of aromatic amines is 1. The molecule has 122 valence electrons. The summed E-state index contributed by atoms with van der Waals surface area (Å²) in [6.07, 6.45) is -1.33. The largest absolute Gasteiger partial charge is 0.418 e. The van der Waals surface area contributed by atoms with Crippen molar-refractivity contribution in [3.8, 4) is 0 Å². The number of nitrogens with one attached hydrogen (secondary N) is 2. The molecule has 0 saturated heterocycles. The van der Waals surface area contributed by atoms with Gasteiger partial charge in [0, 0.05) is 18.6 Å². The molecule has 2 aromatic rings. The molecule has 2 rings (SSSR count). The summed E-state index contributed by atoms with van der Waals surface area (Å²) in [5.74, 6) is -0.400. The van der Waals surface area contributed by atoms with Gasteiger partial charge in [-0.05, 0) is 17.9 Å². The highest BCUT2D eigenvalue weighted by Gasteiger charge is 2.36. The molecule has 9 heteroatoms. The Morgan fingerprint density at radius 1 is 1.43 bits per heavy atom. The fraction of sp³-hybridized carbons (Fsp3) is 0.214. The molecule has 0 unspecified atom stereocenters. The van der Waals surface area contributed by atoms with E-state index in [-0.39, 0.29) is 10.5 Å². The molecule has 0 saturated carbocycles. The average molecular weight is 343 g/mol. The first kappa shape index (κ1) is 17.1. The van der Waals surface area contributed by atoms with E-state index in [1.807, 2.05) is 4.98 Å². The molecule has 0 spiro atoms. The highest BCUT2D eigenvalue weighted by Crippen LogP contribution is 2.38. The topological polar surface area (TPSA) is 74.8 Å². The second-order valence-electron chi connectivity index (χ2n) is 4.36. The molecule has 0 bridgehead atoms. The zero-order valence-electron chi connectivity index (χ0n) is 11.9. The SMILES string of the molecule is CCSc1c(C(F)(F)F)c[nH]c(=O)c1NC(=O)c1cccnc1. The summed E-state index contributed by atoms with van der Waals surface area (Å²) in [5, 5.41) is 2.25. The molecule has 0 aliphatic heterocycles. The average Bonchev–Trinajstić information content (AvgIpc) is 2.50. The van der Waals surface area contributed by atoms with Gasteiger partial charge in [-0.15, -0.1) is 11.8 Å². The van der Waals surface area contributed by atoms with Gasteiger partial charge in [-0.1, -0.05) is 6.92 Å². The van der Waals surface area contributed by atoms with E-state index in [1.54, 1.807) is 6.92 Å². The summed E-state index contributed by atoms with van der Waals surface area (Å²) in [6.45, 7) is 1.65. The second-order valence-corrected chi connectivity index (χ2v) is 5.64.